The lowest BCUT2D eigenvalue weighted by Crippen LogP contribution is -2.14. The number of nitrogens with zero attached hydrogens (tertiary/aromatic N) is 2. The summed E-state index contributed by atoms with van der Waals surface area (Å²) >= 11 is 12.0. The standard InChI is InChI=1S/C21H11Cl2N3O2/c22-14-2-4-16(18(23)8-14)21(28)26-20-13(9-24)10-25-19-7-11-1-3-15(27)5-12(11)6-17(19)20/h1-8,10,27H,(H,25,26,28). The number of benzene rings is 3. The summed E-state index contributed by atoms with van der Waals surface area (Å²) in [6.07, 6.45) is 1.41. The van der Waals surface area contributed by atoms with E-state index in [1.54, 1.807) is 30.3 Å². The van der Waals surface area contributed by atoms with E-state index in [1.165, 1.54) is 18.3 Å². The fourth-order valence-corrected chi connectivity index (χ4v) is 3.49. The van der Waals surface area contributed by atoms with Crippen LogP contribution in [0.15, 0.2) is 54.7 Å². The van der Waals surface area contributed by atoms with E-state index in [9.17, 15) is 15.2 Å². The van der Waals surface area contributed by atoms with Gasteiger partial charge in [-0.1, -0.05) is 29.3 Å². The summed E-state index contributed by atoms with van der Waals surface area (Å²) in [7, 11) is 0. The molecule has 4 aromatic rings. The molecule has 4 rings (SSSR count). The van der Waals surface area contributed by atoms with E-state index in [0.29, 0.717) is 21.6 Å². The van der Waals surface area contributed by atoms with Gasteiger partial charge in [-0.05, 0) is 53.2 Å². The second-order valence-corrected chi connectivity index (χ2v) is 6.98. The van der Waals surface area contributed by atoms with Gasteiger partial charge in [0.15, 0.2) is 0 Å². The van der Waals surface area contributed by atoms with Crippen LogP contribution in [0.2, 0.25) is 10.0 Å². The Hall–Kier alpha value is -3.33. The van der Waals surface area contributed by atoms with E-state index in [0.717, 1.165) is 10.8 Å². The van der Waals surface area contributed by atoms with E-state index in [1.807, 2.05) is 12.1 Å². The van der Waals surface area contributed by atoms with Gasteiger partial charge in [-0.3, -0.25) is 9.78 Å². The first-order valence-electron chi connectivity index (χ1n) is 8.18. The van der Waals surface area contributed by atoms with Gasteiger partial charge in [-0.2, -0.15) is 5.26 Å². The molecule has 28 heavy (non-hydrogen) atoms. The van der Waals surface area contributed by atoms with Crippen molar-refractivity contribution < 1.29 is 9.90 Å². The van der Waals surface area contributed by atoms with Gasteiger partial charge in [0.2, 0.25) is 0 Å². The number of nitrogens with one attached hydrogen (secondary N) is 1. The summed E-state index contributed by atoms with van der Waals surface area (Å²) in [5.41, 5.74) is 1.38. The lowest BCUT2D eigenvalue weighted by molar-refractivity contribution is 0.102. The van der Waals surface area contributed by atoms with E-state index in [4.69, 9.17) is 23.2 Å². The van der Waals surface area contributed by atoms with Crippen LogP contribution in [0.3, 0.4) is 0 Å². The number of aromatic hydroxyl groups is 1. The highest BCUT2D eigenvalue weighted by molar-refractivity contribution is 6.37. The Labute approximate surface area is 169 Å². The average Bonchev–Trinajstić information content (AvgIpc) is 2.66. The van der Waals surface area contributed by atoms with Crippen molar-refractivity contribution >= 4 is 56.5 Å². The zero-order valence-electron chi connectivity index (χ0n) is 14.2. The molecule has 0 atom stereocenters. The molecule has 5 nitrogen and oxygen atoms in total. The van der Waals surface area contributed by atoms with Crippen LogP contribution in [0.25, 0.3) is 21.7 Å². The normalized spacial score (nSPS) is 10.8. The molecule has 7 heteroatoms. The van der Waals surface area contributed by atoms with Gasteiger partial charge in [0.1, 0.15) is 11.8 Å². The molecule has 0 spiro atoms. The Morgan fingerprint density at radius 2 is 1.89 bits per heavy atom. The molecule has 3 aromatic carbocycles. The molecule has 0 fully saturated rings. The molecule has 136 valence electrons. The zero-order valence-corrected chi connectivity index (χ0v) is 15.7. The van der Waals surface area contributed by atoms with Gasteiger partial charge in [-0.15, -0.1) is 0 Å². The summed E-state index contributed by atoms with van der Waals surface area (Å²) in [5.74, 6) is -0.351. The third-order valence-corrected chi connectivity index (χ3v) is 4.89. The Balaban J connectivity index is 1.88. The minimum atomic E-state index is -0.471. The molecule has 0 aliphatic carbocycles. The van der Waals surface area contributed by atoms with Crippen LogP contribution in [-0.2, 0) is 0 Å². The Kier molecular flexibility index (Phi) is 4.52. The predicted octanol–water partition coefficient (Wildman–Crippen LogP) is 5.52. The maximum absolute atomic E-state index is 12.8. The second-order valence-electron chi connectivity index (χ2n) is 6.14. The van der Waals surface area contributed by atoms with Gasteiger partial charge >= 0.3 is 0 Å². The number of rotatable bonds is 2. The Morgan fingerprint density at radius 1 is 1.07 bits per heavy atom. The molecule has 1 heterocycles. The lowest BCUT2D eigenvalue weighted by Gasteiger charge is -2.12. The molecule has 0 saturated carbocycles. The van der Waals surface area contributed by atoms with Crippen molar-refractivity contribution in [2.24, 2.45) is 0 Å². The van der Waals surface area contributed by atoms with Gasteiger partial charge in [0, 0.05) is 16.6 Å². The quantitative estimate of drug-likeness (QED) is 0.428. The third-order valence-electron chi connectivity index (χ3n) is 4.34. The topological polar surface area (TPSA) is 86.0 Å². The van der Waals surface area contributed by atoms with Gasteiger partial charge < -0.3 is 10.4 Å². The van der Waals surface area contributed by atoms with Crippen molar-refractivity contribution in [3.63, 3.8) is 0 Å². The van der Waals surface area contributed by atoms with Crippen LogP contribution in [0, 0.1) is 11.3 Å². The number of phenols is 1. The Bertz CT molecular complexity index is 1310. The number of hydrogen-bond acceptors (Lipinski definition) is 4. The third kappa shape index (κ3) is 3.20. The van der Waals surface area contributed by atoms with Crippen LogP contribution in [-0.4, -0.2) is 16.0 Å². The molecular formula is C21H11Cl2N3O2. The van der Waals surface area contributed by atoms with Gasteiger partial charge in [0.05, 0.1) is 27.4 Å². The minimum Gasteiger partial charge on any atom is -0.508 e. The van der Waals surface area contributed by atoms with Gasteiger partial charge in [0.25, 0.3) is 5.91 Å². The first-order chi connectivity index (χ1) is 13.5. The number of carbonyl (C=O) groups is 1. The highest BCUT2D eigenvalue weighted by atomic mass is 35.5. The molecule has 0 aliphatic heterocycles. The fourth-order valence-electron chi connectivity index (χ4n) is 3.00. The maximum Gasteiger partial charge on any atom is 0.257 e. The molecule has 0 radical (unpaired) electrons. The van der Waals surface area contributed by atoms with E-state index >= 15 is 0 Å². The monoisotopic (exact) mass is 407 g/mol. The molecule has 0 unspecified atom stereocenters. The summed E-state index contributed by atoms with van der Waals surface area (Å²) in [6.45, 7) is 0. The Morgan fingerprint density at radius 3 is 2.64 bits per heavy atom. The highest BCUT2D eigenvalue weighted by Crippen LogP contribution is 2.32. The summed E-state index contributed by atoms with van der Waals surface area (Å²) < 4.78 is 0. The lowest BCUT2D eigenvalue weighted by atomic mass is 10.0. The average molecular weight is 408 g/mol. The number of hydrogen-bond donors (Lipinski definition) is 2. The SMILES string of the molecule is N#Cc1cnc2cc3ccc(O)cc3cc2c1NC(=O)c1ccc(Cl)cc1Cl. The van der Waals surface area contributed by atoms with Crippen molar-refractivity contribution in [1.29, 1.82) is 5.26 Å². The van der Waals surface area contributed by atoms with E-state index in [2.05, 4.69) is 10.3 Å². The van der Waals surface area contributed by atoms with Crippen LogP contribution in [0.4, 0.5) is 5.69 Å². The molecule has 0 aliphatic rings. The predicted molar refractivity (Wildman–Crippen MR) is 110 cm³/mol. The number of carbonyl (C=O) groups excluding carboxylic acids is 1. The molecule has 0 bridgehead atoms. The first-order valence-corrected chi connectivity index (χ1v) is 8.94. The maximum atomic E-state index is 12.8. The van der Waals surface area contributed by atoms with Crippen LogP contribution in [0.1, 0.15) is 15.9 Å². The summed E-state index contributed by atoms with van der Waals surface area (Å²) in [6, 6.07) is 15.2. The second kappa shape index (κ2) is 7.01. The number of halogens is 2. The molecule has 2 N–H and O–H groups in total. The molecular weight excluding hydrogens is 397 g/mol. The number of anilines is 1. The fraction of sp³-hybridized carbons (Fsp3) is 0. The molecule has 1 aromatic heterocycles. The minimum absolute atomic E-state index is 0.120. The number of fused-ring (bicyclic) bond motifs is 2. The number of nitriles is 1. The van der Waals surface area contributed by atoms with Crippen LogP contribution in [0.5, 0.6) is 5.75 Å². The van der Waals surface area contributed by atoms with Crippen LogP contribution < -0.4 is 5.32 Å². The van der Waals surface area contributed by atoms with Crippen molar-refractivity contribution in [2.45, 2.75) is 0 Å². The van der Waals surface area contributed by atoms with Crippen molar-refractivity contribution in [1.82, 2.24) is 4.98 Å². The van der Waals surface area contributed by atoms with Crippen molar-refractivity contribution in [2.75, 3.05) is 5.32 Å². The van der Waals surface area contributed by atoms with E-state index in [-0.39, 0.29) is 21.9 Å². The number of phenolic OH excluding ortho intramolecular Hbond substituents is 1. The van der Waals surface area contributed by atoms with Crippen molar-refractivity contribution in [3.05, 3.63) is 75.9 Å². The number of amides is 1. The summed E-state index contributed by atoms with van der Waals surface area (Å²) in [5, 5.41) is 24.8. The van der Waals surface area contributed by atoms with Gasteiger partial charge in [-0.25, -0.2) is 0 Å². The van der Waals surface area contributed by atoms with E-state index < -0.39 is 5.91 Å². The summed E-state index contributed by atoms with van der Waals surface area (Å²) in [4.78, 5) is 17.1. The zero-order chi connectivity index (χ0) is 19.8. The smallest absolute Gasteiger partial charge is 0.257 e. The number of aromatic nitrogens is 1. The molecule has 1 amide bonds. The molecule has 0 saturated heterocycles. The number of pyridine rings is 1. The highest BCUT2D eigenvalue weighted by Gasteiger charge is 2.16. The first kappa shape index (κ1) is 18.1. The largest absolute Gasteiger partial charge is 0.508 e. The van der Waals surface area contributed by atoms with Crippen LogP contribution >= 0.6 is 23.2 Å². The van der Waals surface area contributed by atoms with Crippen molar-refractivity contribution in [3.8, 4) is 11.8 Å².